The normalized spacial score (nSPS) is 11.7. The number of nitrogens with one attached hydrogen (secondary N) is 1. The average molecular weight is 347 g/mol. The van der Waals surface area contributed by atoms with E-state index < -0.39 is 0 Å². The molecule has 0 saturated heterocycles. The fourth-order valence-electron chi connectivity index (χ4n) is 2.79. The van der Waals surface area contributed by atoms with Crippen molar-refractivity contribution in [1.29, 1.82) is 0 Å². The van der Waals surface area contributed by atoms with Crippen LogP contribution in [-0.2, 0) is 11.2 Å². The average Bonchev–Trinajstić information content (AvgIpc) is 2.52. The molecule has 0 radical (unpaired) electrons. The van der Waals surface area contributed by atoms with Crippen LogP contribution in [0.5, 0.6) is 0 Å². The molecule has 0 aromatic heterocycles. The van der Waals surface area contributed by atoms with Crippen LogP contribution in [0.3, 0.4) is 0 Å². The molecule has 0 heterocycles. The van der Waals surface area contributed by atoms with Crippen LogP contribution in [-0.4, -0.2) is 5.91 Å². The largest absolute Gasteiger partial charge is 0.399 e. The lowest BCUT2D eigenvalue weighted by molar-refractivity contribution is -0.122. The summed E-state index contributed by atoms with van der Waals surface area (Å²) in [4.78, 5) is 12.4. The molecule has 3 nitrogen and oxygen atoms in total. The summed E-state index contributed by atoms with van der Waals surface area (Å²) in [5.74, 6) is 0.400. The highest BCUT2D eigenvalue weighted by atomic mass is 35.5. The lowest BCUT2D eigenvalue weighted by Gasteiger charge is -2.24. The Bertz CT molecular complexity index is 670. The predicted molar refractivity (Wildman–Crippen MR) is 103 cm³/mol. The van der Waals surface area contributed by atoms with Gasteiger partial charge in [-0.2, -0.15) is 0 Å². The molecule has 0 fully saturated rings. The van der Waals surface area contributed by atoms with E-state index in [0.717, 1.165) is 11.3 Å². The molecule has 0 aliphatic carbocycles. The number of para-hydroxylation sites is 1. The smallest absolute Gasteiger partial charge is 0.220 e. The Hall–Kier alpha value is -2.00. The third-order valence-electron chi connectivity index (χ3n) is 4.18. The number of amides is 1. The molecule has 1 amide bonds. The highest BCUT2D eigenvalue weighted by Gasteiger charge is 2.19. The van der Waals surface area contributed by atoms with Gasteiger partial charge in [0.1, 0.15) is 0 Å². The molecule has 0 bridgehead atoms. The maximum atomic E-state index is 12.4. The maximum Gasteiger partial charge on any atom is 0.220 e. The Morgan fingerprint density at radius 2 is 1.71 bits per heavy atom. The van der Waals surface area contributed by atoms with Gasteiger partial charge >= 0.3 is 0 Å². The SMILES string of the molecule is Cc1ccccc1C(NC(=O)CCc1ccccc1N)C(C)C.Cl. The highest BCUT2D eigenvalue weighted by molar-refractivity contribution is 5.85. The molecule has 1 unspecified atom stereocenters. The zero-order chi connectivity index (χ0) is 16.8. The first-order chi connectivity index (χ1) is 11.0. The number of carbonyl (C=O) groups excluding carboxylic acids is 1. The zero-order valence-corrected chi connectivity index (χ0v) is 15.4. The van der Waals surface area contributed by atoms with Gasteiger partial charge in [0, 0.05) is 12.1 Å². The summed E-state index contributed by atoms with van der Waals surface area (Å²) in [7, 11) is 0. The fraction of sp³-hybridized carbons (Fsp3) is 0.350. The first kappa shape index (κ1) is 20.0. The van der Waals surface area contributed by atoms with Crippen molar-refractivity contribution in [3.8, 4) is 0 Å². The lowest BCUT2D eigenvalue weighted by Crippen LogP contribution is -2.32. The monoisotopic (exact) mass is 346 g/mol. The second-order valence-corrected chi connectivity index (χ2v) is 6.34. The van der Waals surface area contributed by atoms with Crippen LogP contribution >= 0.6 is 12.4 Å². The van der Waals surface area contributed by atoms with Gasteiger partial charge in [0.25, 0.3) is 0 Å². The topological polar surface area (TPSA) is 55.1 Å². The molecular weight excluding hydrogens is 320 g/mol. The summed E-state index contributed by atoms with van der Waals surface area (Å²) in [6.07, 6.45) is 1.11. The molecule has 2 aromatic carbocycles. The summed E-state index contributed by atoms with van der Waals surface area (Å²) < 4.78 is 0. The molecule has 1 atom stereocenters. The number of aryl methyl sites for hydroxylation is 2. The van der Waals surface area contributed by atoms with Gasteiger partial charge in [0.15, 0.2) is 0 Å². The maximum absolute atomic E-state index is 12.4. The van der Waals surface area contributed by atoms with Crippen LogP contribution in [0, 0.1) is 12.8 Å². The van der Waals surface area contributed by atoms with E-state index in [2.05, 4.69) is 38.2 Å². The number of rotatable bonds is 6. The molecule has 3 N–H and O–H groups in total. The van der Waals surface area contributed by atoms with Crippen molar-refractivity contribution in [2.24, 2.45) is 5.92 Å². The van der Waals surface area contributed by atoms with Crippen molar-refractivity contribution >= 4 is 24.0 Å². The van der Waals surface area contributed by atoms with Crippen LogP contribution in [0.1, 0.15) is 43.0 Å². The van der Waals surface area contributed by atoms with E-state index in [-0.39, 0.29) is 24.4 Å². The van der Waals surface area contributed by atoms with Crippen molar-refractivity contribution in [2.75, 3.05) is 5.73 Å². The van der Waals surface area contributed by atoms with Gasteiger partial charge in [-0.05, 0) is 42.0 Å². The van der Waals surface area contributed by atoms with Gasteiger partial charge in [0.2, 0.25) is 5.91 Å². The summed E-state index contributed by atoms with van der Waals surface area (Å²) in [5, 5.41) is 3.18. The van der Waals surface area contributed by atoms with E-state index in [1.807, 2.05) is 36.4 Å². The molecule has 24 heavy (non-hydrogen) atoms. The second-order valence-electron chi connectivity index (χ2n) is 6.34. The van der Waals surface area contributed by atoms with E-state index >= 15 is 0 Å². The van der Waals surface area contributed by atoms with Gasteiger partial charge in [-0.25, -0.2) is 0 Å². The van der Waals surface area contributed by atoms with Crippen molar-refractivity contribution in [3.05, 3.63) is 65.2 Å². The van der Waals surface area contributed by atoms with Crippen molar-refractivity contribution < 1.29 is 4.79 Å². The lowest BCUT2D eigenvalue weighted by atomic mass is 9.92. The number of anilines is 1. The van der Waals surface area contributed by atoms with E-state index in [0.29, 0.717) is 18.8 Å². The van der Waals surface area contributed by atoms with Crippen LogP contribution < -0.4 is 11.1 Å². The van der Waals surface area contributed by atoms with Gasteiger partial charge in [-0.15, -0.1) is 12.4 Å². The summed E-state index contributed by atoms with van der Waals surface area (Å²) in [6.45, 7) is 6.35. The quantitative estimate of drug-likeness (QED) is 0.759. The van der Waals surface area contributed by atoms with E-state index in [4.69, 9.17) is 5.73 Å². The van der Waals surface area contributed by atoms with Gasteiger partial charge < -0.3 is 11.1 Å². The molecule has 130 valence electrons. The van der Waals surface area contributed by atoms with E-state index in [1.165, 1.54) is 11.1 Å². The number of carbonyl (C=O) groups is 1. The van der Waals surface area contributed by atoms with Gasteiger partial charge in [0.05, 0.1) is 6.04 Å². The van der Waals surface area contributed by atoms with E-state index in [1.54, 1.807) is 0 Å². The molecule has 0 aliphatic rings. The Kier molecular flexibility index (Phi) is 7.80. The standard InChI is InChI=1S/C20H26N2O.ClH/c1-14(2)20(17-10-6-4-8-15(17)3)22-19(23)13-12-16-9-5-7-11-18(16)21;/h4-11,14,20H,12-13,21H2,1-3H3,(H,22,23);1H. The Morgan fingerprint density at radius 1 is 1.08 bits per heavy atom. The Balaban J connectivity index is 0.00000288. The first-order valence-corrected chi connectivity index (χ1v) is 8.17. The Morgan fingerprint density at radius 3 is 2.33 bits per heavy atom. The fourth-order valence-corrected chi connectivity index (χ4v) is 2.79. The molecule has 2 aromatic rings. The molecule has 0 spiro atoms. The van der Waals surface area contributed by atoms with Crippen LogP contribution in [0.15, 0.2) is 48.5 Å². The molecule has 0 aliphatic heterocycles. The number of nitrogens with two attached hydrogens (primary N) is 1. The zero-order valence-electron chi connectivity index (χ0n) is 14.6. The third-order valence-corrected chi connectivity index (χ3v) is 4.18. The highest BCUT2D eigenvalue weighted by Crippen LogP contribution is 2.24. The van der Waals surface area contributed by atoms with Crippen LogP contribution in [0.4, 0.5) is 5.69 Å². The van der Waals surface area contributed by atoms with Crippen LogP contribution in [0.2, 0.25) is 0 Å². The number of hydrogen-bond donors (Lipinski definition) is 2. The van der Waals surface area contributed by atoms with Gasteiger partial charge in [-0.3, -0.25) is 4.79 Å². The minimum atomic E-state index is 0. The number of nitrogen functional groups attached to an aromatic ring is 1. The Labute approximate surface area is 151 Å². The summed E-state index contributed by atoms with van der Waals surface area (Å²) >= 11 is 0. The third kappa shape index (κ3) is 5.27. The number of halogens is 1. The summed E-state index contributed by atoms with van der Waals surface area (Å²) in [5.41, 5.74) is 10.1. The van der Waals surface area contributed by atoms with Crippen molar-refractivity contribution in [3.63, 3.8) is 0 Å². The molecule has 2 rings (SSSR count). The molecule has 4 heteroatoms. The minimum Gasteiger partial charge on any atom is -0.399 e. The molecular formula is C20H27ClN2O. The van der Waals surface area contributed by atoms with E-state index in [9.17, 15) is 4.79 Å². The van der Waals surface area contributed by atoms with Crippen molar-refractivity contribution in [1.82, 2.24) is 5.32 Å². The predicted octanol–water partition coefficient (Wildman–Crippen LogP) is 4.45. The summed E-state index contributed by atoms with van der Waals surface area (Å²) in [6, 6.07) is 16.0. The van der Waals surface area contributed by atoms with Crippen molar-refractivity contribution in [2.45, 2.75) is 39.7 Å². The molecule has 0 saturated carbocycles. The first-order valence-electron chi connectivity index (χ1n) is 8.17. The van der Waals surface area contributed by atoms with Crippen LogP contribution in [0.25, 0.3) is 0 Å². The number of benzene rings is 2. The van der Waals surface area contributed by atoms with Gasteiger partial charge in [-0.1, -0.05) is 56.3 Å². The minimum absolute atomic E-state index is 0. The number of hydrogen-bond acceptors (Lipinski definition) is 2. The second kappa shape index (κ2) is 9.33.